The molecule has 3 aliphatic rings. The first-order valence-corrected chi connectivity index (χ1v) is 15.8. The van der Waals surface area contributed by atoms with E-state index in [9.17, 15) is 9.59 Å². The van der Waals surface area contributed by atoms with E-state index in [1.54, 1.807) is 21.9 Å². The molecule has 1 unspecified atom stereocenters. The summed E-state index contributed by atoms with van der Waals surface area (Å²) in [5.41, 5.74) is 1.88. The summed E-state index contributed by atoms with van der Waals surface area (Å²) < 4.78 is 35.5. The minimum absolute atomic E-state index is 0.00962. The summed E-state index contributed by atoms with van der Waals surface area (Å²) in [7, 11) is 0. The molecule has 0 aliphatic carbocycles. The number of hydrogen-bond donors (Lipinski definition) is 0. The molecular formula is C35H43FN4O5. The van der Waals surface area contributed by atoms with Crippen molar-refractivity contribution < 1.29 is 28.2 Å². The third-order valence-electron chi connectivity index (χ3n) is 9.27. The van der Waals surface area contributed by atoms with Gasteiger partial charge in [0.1, 0.15) is 35.1 Å². The maximum Gasteiger partial charge on any atom is 0.410 e. The Labute approximate surface area is 264 Å². The van der Waals surface area contributed by atoms with Crippen LogP contribution in [0.3, 0.4) is 0 Å². The average molecular weight is 619 g/mol. The van der Waals surface area contributed by atoms with Gasteiger partial charge in [0.2, 0.25) is 0 Å². The van der Waals surface area contributed by atoms with Gasteiger partial charge in [0.25, 0.3) is 0 Å². The lowest BCUT2D eigenvalue weighted by atomic mass is 9.79. The quantitative estimate of drug-likeness (QED) is 0.305. The predicted octanol–water partition coefficient (Wildman–Crippen LogP) is 7.37. The molecule has 1 atom stereocenters. The highest BCUT2D eigenvalue weighted by atomic mass is 19.1. The molecule has 1 aromatic heterocycles. The lowest BCUT2D eigenvalue weighted by molar-refractivity contribution is -0.0145. The van der Waals surface area contributed by atoms with Crippen LogP contribution < -0.4 is 4.74 Å². The van der Waals surface area contributed by atoms with Crippen molar-refractivity contribution in [1.82, 2.24) is 19.6 Å². The van der Waals surface area contributed by atoms with Crippen molar-refractivity contribution >= 4 is 12.2 Å². The zero-order chi connectivity index (χ0) is 32.1. The Morgan fingerprint density at radius 1 is 1.02 bits per heavy atom. The molecule has 2 aromatic carbocycles. The molecule has 0 N–H and O–H groups in total. The van der Waals surface area contributed by atoms with Gasteiger partial charge in [-0.15, -0.1) is 0 Å². The standard InChI is InChI=1S/C35H43FN4O5/c1-23-29-30(37-40(23)25-15-18-39(34(5,6)21-25)32(42)45-33(2,3)4)28-26(36)13-10-14-27(28)44-35(29)16-19-38(20-17-35)31(41)43-22-24-11-8-7-9-12-24/h7-14,25H,15-22H2,1-6H3. The second kappa shape index (κ2) is 11.4. The van der Waals surface area contributed by atoms with E-state index in [1.807, 2.05) is 76.6 Å². The predicted molar refractivity (Wildman–Crippen MR) is 167 cm³/mol. The molecule has 45 heavy (non-hydrogen) atoms. The molecule has 2 amide bonds. The Kier molecular flexibility index (Phi) is 7.82. The number of halogens is 1. The van der Waals surface area contributed by atoms with Gasteiger partial charge < -0.3 is 24.0 Å². The number of nitrogens with zero attached hydrogens (tertiary/aromatic N) is 4. The van der Waals surface area contributed by atoms with Crippen LogP contribution in [-0.4, -0.2) is 62.5 Å². The molecule has 2 saturated heterocycles. The summed E-state index contributed by atoms with van der Waals surface area (Å²) in [6, 6.07) is 14.5. The van der Waals surface area contributed by atoms with Crippen molar-refractivity contribution in [2.24, 2.45) is 0 Å². The fourth-order valence-electron chi connectivity index (χ4n) is 7.12. The number of carbonyl (C=O) groups is 2. The highest BCUT2D eigenvalue weighted by Gasteiger charge is 2.49. The molecule has 9 nitrogen and oxygen atoms in total. The molecule has 4 heterocycles. The van der Waals surface area contributed by atoms with E-state index in [4.69, 9.17) is 19.3 Å². The summed E-state index contributed by atoms with van der Waals surface area (Å²) in [6.07, 6.45) is 1.70. The fourth-order valence-corrected chi connectivity index (χ4v) is 7.12. The van der Waals surface area contributed by atoms with Gasteiger partial charge >= 0.3 is 12.2 Å². The van der Waals surface area contributed by atoms with Gasteiger partial charge in [0.15, 0.2) is 0 Å². The van der Waals surface area contributed by atoms with E-state index in [2.05, 4.69) is 0 Å². The Hall–Kier alpha value is -4.08. The van der Waals surface area contributed by atoms with Crippen LogP contribution in [0, 0.1) is 12.7 Å². The normalized spacial score (nSPS) is 20.2. The number of fused-ring (bicyclic) bond motifs is 4. The number of likely N-dealkylation sites (tertiary alicyclic amines) is 2. The molecule has 0 radical (unpaired) electrons. The number of rotatable bonds is 3. The van der Waals surface area contributed by atoms with Crippen LogP contribution in [0.2, 0.25) is 0 Å². The van der Waals surface area contributed by atoms with E-state index < -0.39 is 16.7 Å². The largest absolute Gasteiger partial charge is 0.481 e. The third kappa shape index (κ3) is 5.87. The zero-order valence-electron chi connectivity index (χ0n) is 27.1. The lowest BCUT2D eigenvalue weighted by Crippen LogP contribution is -2.54. The van der Waals surface area contributed by atoms with Gasteiger partial charge in [-0.3, -0.25) is 4.68 Å². The molecule has 3 aromatic rings. The van der Waals surface area contributed by atoms with Gasteiger partial charge in [-0.25, -0.2) is 14.0 Å². The van der Waals surface area contributed by atoms with Gasteiger partial charge in [-0.05, 0) is 72.1 Å². The van der Waals surface area contributed by atoms with E-state index in [1.165, 1.54) is 6.07 Å². The van der Waals surface area contributed by atoms with Crippen LogP contribution in [0.5, 0.6) is 5.75 Å². The van der Waals surface area contributed by atoms with E-state index in [0.29, 0.717) is 62.3 Å². The van der Waals surface area contributed by atoms with E-state index in [-0.39, 0.29) is 30.7 Å². The number of ether oxygens (including phenoxy) is 3. The zero-order valence-corrected chi connectivity index (χ0v) is 27.1. The van der Waals surface area contributed by atoms with E-state index >= 15 is 4.39 Å². The van der Waals surface area contributed by atoms with Crippen molar-refractivity contribution in [2.45, 2.75) is 96.6 Å². The number of amides is 2. The average Bonchev–Trinajstić information content (AvgIpc) is 3.33. The maximum atomic E-state index is 15.4. The van der Waals surface area contributed by atoms with Crippen molar-refractivity contribution in [2.75, 3.05) is 19.6 Å². The van der Waals surface area contributed by atoms with Gasteiger partial charge in [0, 0.05) is 49.3 Å². The Morgan fingerprint density at radius 3 is 2.40 bits per heavy atom. The van der Waals surface area contributed by atoms with E-state index in [0.717, 1.165) is 16.8 Å². The number of benzene rings is 2. The molecule has 2 fully saturated rings. The number of aromatic nitrogens is 2. The van der Waals surface area contributed by atoms with Gasteiger partial charge in [-0.2, -0.15) is 5.10 Å². The Morgan fingerprint density at radius 2 is 1.73 bits per heavy atom. The maximum absolute atomic E-state index is 15.4. The monoisotopic (exact) mass is 618 g/mol. The van der Waals surface area contributed by atoms with Crippen LogP contribution in [0.1, 0.15) is 83.2 Å². The second-order valence-corrected chi connectivity index (χ2v) is 14.1. The van der Waals surface area contributed by atoms with Crippen molar-refractivity contribution in [3.63, 3.8) is 0 Å². The topological polar surface area (TPSA) is 86.1 Å². The van der Waals surface area contributed by atoms with Gasteiger partial charge in [0.05, 0.1) is 11.6 Å². The molecule has 0 bridgehead atoms. The SMILES string of the molecule is Cc1c2c(nn1C1CCN(C(=O)OC(C)(C)C)C(C)(C)C1)-c1c(F)cccc1OC21CCN(C(=O)OCc2ccccc2)CC1. The summed E-state index contributed by atoms with van der Waals surface area (Å²) in [4.78, 5) is 29.6. The summed E-state index contributed by atoms with van der Waals surface area (Å²) >= 11 is 0. The first-order chi connectivity index (χ1) is 21.3. The minimum atomic E-state index is -0.762. The molecule has 240 valence electrons. The highest BCUT2D eigenvalue weighted by molar-refractivity contribution is 5.75. The highest BCUT2D eigenvalue weighted by Crippen LogP contribution is 2.52. The van der Waals surface area contributed by atoms with Crippen LogP contribution in [0.15, 0.2) is 48.5 Å². The van der Waals surface area contributed by atoms with Crippen molar-refractivity contribution in [3.05, 3.63) is 71.2 Å². The second-order valence-electron chi connectivity index (χ2n) is 14.1. The smallest absolute Gasteiger partial charge is 0.410 e. The first-order valence-electron chi connectivity index (χ1n) is 15.8. The lowest BCUT2D eigenvalue weighted by Gasteiger charge is -2.46. The van der Waals surface area contributed by atoms with Crippen LogP contribution in [-0.2, 0) is 21.7 Å². The number of piperidine rings is 2. The van der Waals surface area contributed by atoms with Crippen molar-refractivity contribution in [1.29, 1.82) is 0 Å². The third-order valence-corrected chi connectivity index (χ3v) is 9.27. The number of hydrogen-bond acceptors (Lipinski definition) is 6. The summed E-state index contributed by atoms with van der Waals surface area (Å²) in [5, 5.41) is 5.09. The molecule has 3 aliphatic heterocycles. The van der Waals surface area contributed by atoms with Crippen LogP contribution in [0.4, 0.5) is 14.0 Å². The number of carbonyl (C=O) groups excluding carboxylic acids is 2. The Balaban J connectivity index is 1.26. The first kappa shape index (κ1) is 30.9. The molecule has 6 rings (SSSR count). The van der Waals surface area contributed by atoms with Crippen LogP contribution >= 0.6 is 0 Å². The van der Waals surface area contributed by atoms with Crippen LogP contribution in [0.25, 0.3) is 11.3 Å². The minimum Gasteiger partial charge on any atom is -0.481 e. The fraction of sp³-hybridized carbons (Fsp3) is 0.514. The van der Waals surface area contributed by atoms with Gasteiger partial charge in [-0.1, -0.05) is 36.4 Å². The molecule has 0 saturated carbocycles. The molecule has 10 heteroatoms. The summed E-state index contributed by atoms with van der Waals surface area (Å²) in [5.74, 6) is 0.0857. The molecular weight excluding hydrogens is 575 g/mol. The Bertz CT molecular complexity index is 1590. The summed E-state index contributed by atoms with van der Waals surface area (Å²) in [6.45, 7) is 13.3. The van der Waals surface area contributed by atoms with Crippen molar-refractivity contribution in [3.8, 4) is 17.0 Å². The molecule has 1 spiro atoms.